The lowest BCUT2D eigenvalue weighted by Gasteiger charge is -2.14. The maximum absolute atomic E-state index is 12.8. The summed E-state index contributed by atoms with van der Waals surface area (Å²) in [4.78, 5) is 37.1. The number of carbonyl (C=O) groups excluding carboxylic acids is 2. The van der Waals surface area contributed by atoms with E-state index in [0.717, 1.165) is 14.9 Å². The highest BCUT2D eigenvalue weighted by Crippen LogP contribution is 2.35. The van der Waals surface area contributed by atoms with E-state index in [-0.39, 0.29) is 12.2 Å². The zero-order chi connectivity index (χ0) is 22.5. The maximum atomic E-state index is 12.8. The Morgan fingerprint density at radius 3 is 2.58 bits per heavy atom. The third-order valence-corrected chi connectivity index (χ3v) is 5.53. The summed E-state index contributed by atoms with van der Waals surface area (Å²) in [6, 6.07) is 10.2. The molecule has 1 heterocycles. The Bertz CT molecular complexity index is 1050. The smallest absolute Gasteiger partial charge is 0.341 e. The predicted octanol–water partition coefficient (Wildman–Crippen LogP) is 4.01. The molecule has 0 radical (unpaired) electrons. The van der Waals surface area contributed by atoms with Crippen molar-refractivity contribution in [3.63, 3.8) is 0 Å². The number of rotatable bonds is 8. The fraction of sp³-hybridized carbons (Fsp3) is 0.190. The van der Waals surface area contributed by atoms with Crippen molar-refractivity contribution >= 4 is 62.5 Å². The number of hydrogen-bond acceptors (Lipinski definition) is 5. The molecular formula is C21H18BrIN2O6. The number of benzene rings is 2. The normalized spacial score (nSPS) is 14.7. The van der Waals surface area contributed by atoms with Gasteiger partial charge in [-0.2, -0.15) is 0 Å². The topological polar surface area (TPSA) is 105 Å². The monoisotopic (exact) mass is 600 g/mol. The maximum Gasteiger partial charge on any atom is 0.341 e. The van der Waals surface area contributed by atoms with E-state index in [9.17, 15) is 14.4 Å². The van der Waals surface area contributed by atoms with Gasteiger partial charge in [0, 0.05) is 4.47 Å². The third-order valence-electron chi connectivity index (χ3n) is 4.20. The van der Waals surface area contributed by atoms with Crippen molar-refractivity contribution in [1.82, 2.24) is 10.2 Å². The number of carbonyl (C=O) groups is 3. The minimum Gasteiger partial charge on any atom is -0.490 e. The van der Waals surface area contributed by atoms with E-state index >= 15 is 0 Å². The summed E-state index contributed by atoms with van der Waals surface area (Å²) in [5, 5.41) is 11.5. The predicted molar refractivity (Wildman–Crippen MR) is 125 cm³/mol. The van der Waals surface area contributed by atoms with E-state index in [2.05, 4.69) is 21.2 Å². The van der Waals surface area contributed by atoms with Crippen LogP contribution in [0.4, 0.5) is 4.79 Å². The van der Waals surface area contributed by atoms with Crippen LogP contribution in [0.1, 0.15) is 18.1 Å². The van der Waals surface area contributed by atoms with E-state index in [1.807, 2.05) is 46.9 Å². The quantitative estimate of drug-likeness (QED) is 0.270. The summed E-state index contributed by atoms with van der Waals surface area (Å²) < 4.78 is 12.4. The second-order valence-electron chi connectivity index (χ2n) is 6.45. The first-order valence-corrected chi connectivity index (χ1v) is 11.1. The van der Waals surface area contributed by atoms with Crippen LogP contribution in [0.5, 0.6) is 11.5 Å². The number of aliphatic carboxylic acids is 1. The Labute approximate surface area is 200 Å². The third kappa shape index (κ3) is 5.76. The first-order chi connectivity index (χ1) is 14.8. The Kier molecular flexibility index (Phi) is 7.55. The molecule has 3 rings (SSSR count). The van der Waals surface area contributed by atoms with E-state index < -0.39 is 24.5 Å². The van der Waals surface area contributed by atoms with Gasteiger partial charge >= 0.3 is 12.0 Å². The van der Waals surface area contributed by atoms with Crippen molar-refractivity contribution in [1.29, 1.82) is 0 Å². The van der Waals surface area contributed by atoms with Crippen LogP contribution >= 0.6 is 38.5 Å². The van der Waals surface area contributed by atoms with Crippen LogP contribution in [-0.4, -0.2) is 41.1 Å². The van der Waals surface area contributed by atoms with E-state index in [1.54, 1.807) is 25.1 Å². The lowest BCUT2D eigenvalue weighted by Crippen LogP contribution is -2.30. The second-order valence-corrected chi connectivity index (χ2v) is 8.53. The summed E-state index contributed by atoms with van der Waals surface area (Å²) in [6.07, 6.45) is 1.55. The summed E-state index contributed by atoms with van der Waals surface area (Å²) in [5.74, 6) is -0.877. The molecule has 2 aromatic rings. The molecule has 1 aliphatic rings. The number of hydrogen-bond donors (Lipinski definition) is 2. The van der Waals surface area contributed by atoms with Gasteiger partial charge in [0.1, 0.15) is 5.70 Å². The first kappa shape index (κ1) is 23.1. The molecule has 2 N–H and O–H groups in total. The van der Waals surface area contributed by atoms with Crippen molar-refractivity contribution in [2.75, 3.05) is 13.2 Å². The SMILES string of the molecule is CCOc1cc(/C=C2/NC(=O)N(Cc3ccc(Br)cc3)C2=O)cc(I)c1OCC(=O)O. The number of imide groups is 1. The Morgan fingerprint density at radius 2 is 1.94 bits per heavy atom. The average molecular weight is 601 g/mol. The Balaban J connectivity index is 1.85. The minimum absolute atomic E-state index is 0.138. The van der Waals surface area contributed by atoms with Crippen molar-refractivity contribution in [3.05, 3.63) is 61.3 Å². The standard InChI is InChI=1S/C21H18BrIN2O6/c1-2-30-17-9-13(7-15(23)19(17)31-11-18(26)27)8-16-20(28)25(21(29)24-16)10-12-3-5-14(22)6-4-12/h3-9H,2,10-11H2,1H3,(H,24,29)(H,26,27)/b16-8+. The van der Waals surface area contributed by atoms with Crippen LogP contribution in [0.2, 0.25) is 0 Å². The second kappa shape index (κ2) is 10.1. The van der Waals surface area contributed by atoms with Gasteiger partial charge in [-0.05, 0) is 71.0 Å². The van der Waals surface area contributed by atoms with Crippen molar-refractivity contribution in [3.8, 4) is 11.5 Å². The highest BCUT2D eigenvalue weighted by atomic mass is 127. The molecule has 1 aliphatic heterocycles. The molecule has 10 heteroatoms. The van der Waals surface area contributed by atoms with Crippen LogP contribution in [0.25, 0.3) is 6.08 Å². The minimum atomic E-state index is -1.10. The summed E-state index contributed by atoms with van der Waals surface area (Å²) in [6.45, 7) is 1.78. The molecule has 31 heavy (non-hydrogen) atoms. The highest BCUT2D eigenvalue weighted by molar-refractivity contribution is 14.1. The van der Waals surface area contributed by atoms with E-state index in [4.69, 9.17) is 14.6 Å². The fourth-order valence-electron chi connectivity index (χ4n) is 2.86. The molecular weight excluding hydrogens is 583 g/mol. The summed E-state index contributed by atoms with van der Waals surface area (Å²) in [7, 11) is 0. The molecule has 8 nitrogen and oxygen atoms in total. The van der Waals surface area contributed by atoms with Gasteiger partial charge in [-0.15, -0.1) is 0 Å². The largest absolute Gasteiger partial charge is 0.490 e. The van der Waals surface area contributed by atoms with Crippen molar-refractivity contribution in [2.45, 2.75) is 13.5 Å². The molecule has 0 bridgehead atoms. The molecule has 3 amide bonds. The van der Waals surface area contributed by atoms with Crippen LogP contribution in [-0.2, 0) is 16.1 Å². The number of urea groups is 1. The molecule has 1 saturated heterocycles. The molecule has 2 aromatic carbocycles. The van der Waals surface area contributed by atoms with Crippen LogP contribution in [0.3, 0.4) is 0 Å². The fourth-order valence-corrected chi connectivity index (χ4v) is 3.91. The average Bonchev–Trinajstić information content (AvgIpc) is 2.96. The van der Waals surface area contributed by atoms with Gasteiger partial charge in [0.2, 0.25) is 0 Å². The lowest BCUT2D eigenvalue weighted by atomic mass is 10.1. The van der Waals surface area contributed by atoms with Crippen LogP contribution in [0.15, 0.2) is 46.6 Å². The van der Waals surface area contributed by atoms with Crippen molar-refractivity contribution in [2.24, 2.45) is 0 Å². The van der Waals surface area contributed by atoms with Gasteiger partial charge in [-0.1, -0.05) is 28.1 Å². The number of carboxylic acids is 1. The van der Waals surface area contributed by atoms with Gasteiger partial charge in [-0.25, -0.2) is 9.59 Å². The summed E-state index contributed by atoms with van der Waals surface area (Å²) in [5.41, 5.74) is 1.56. The van der Waals surface area contributed by atoms with Gasteiger partial charge in [0.25, 0.3) is 5.91 Å². The van der Waals surface area contributed by atoms with Gasteiger partial charge in [0.15, 0.2) is 18.1 Å². The Hall–Kier alpha value is -2.60. The molecule has 0 aromatic heterocycles. The molecule has 0 unspecified atom stereocenters. The number of nitrogens with zero attached hydrogens (tertiary/aromatic N) is 1. The number of ether oxygens (including phenoxy) is 2. The van der Waals surface area contributed by atoms with Gasteiger partial charge in [0.05, 0.1) is 16.7 Å². The van der Waals surface area contributed by atoms with Crippen molar-refractivity contribution < 1.29 is 29.0 Å². The van der Waals surface area contributed by atoms with Gasteiger partial charge in [-0.3, -0.25) is 9.69 Å². The molecule has 0 aliphatic carbocycles. The summed E-state index contributed by atoms with van der Waals surface area (Å²) >= 11 is 5.36. The first-order valence-electron chi connectivity index (χ1n) is 9.18. The molecule has 0 saturated carbocycles. The van der Waals surface area contributed by atoms with E-state index in [0.29, 0.717) is 27.2 Å². The number of halogens is 2. The Morgan fingerprint density at radius 1 is 1.23 bits per heavy atom. The molecule has 1 fully saturated rings. The lowest BCUT2D eigenvalue weighted by molar-refractivity contribution is -0.139. The number of carboxylic acid groups (broad SMARTS) is 1. The molecule has 0 atom stereocenters. The van der Waals surface area contributed by atoms with Crippen LogP contribution < -0.4 is 14.8 Å². The number of amides is 3. The van der Waals surface area contributed by atoms with E-state index in [1.165, 1.54) is 0 Å². The van der Waals surface area contributed by atoms with Gasteiger partial charge < -0.3 is 19.9 Å². The molecule has 0 spiro atoms. The zero-order valence-corrected chi connectivity index (χ0v) is 20.1. The highest BCUT2D eigenvalue weighted by Gasteiger charge is 2.33. The zero-order valence-electron chi connectivity index (χ0n) is 16.4. The molecule has 162 valence electrons. The number of nitrogens with one attached hydrogen (secondary N) is 1. The van der Waals surface area contributed by atoms with Crippen LogP contribution in [0, 0.1) is 3.57 Å².